The number of aliphatic hydroxyl groups excluding tert-OH is 1. The van der Waals surface area contributed by atoms with Crippen LogP contribution in [0.25, 0.3) is 0 Å². The number of hydrogen-bond donors (Lipinski definition) is 3. The molecule has 3 nitrogen and oxygen atoms in total. The monoisotopic (exact) mass is 254 g/mol. The van der Waals surface area contributed by atoms with Crippen molar-refractivity contribution < 1.29 is 5.11 Å². The molecule has 94 valence electrons. The number of benzene rings is 1. The van der Waals surface area contributed by atoms with E-state index >= 15 is 0 Å². The maximum atomic E-state index is 9.26. The molecule has 0 amide bonds. The van der Waals surface area contributed by atoms with Crippen molar-refractivity contribution in [3.63, 3.8) is 0 Å². The Kier molecular flexibility index (Phi) is 4.13. The predicted octanol–water partition coefficient (Wildman–Crippen LogP) is 2.74. The fraction of sp³-hybridized carbons (Fsp3) is 0.538. The van der Waals surface area contributed by atoms with Crippen LogP contribution in [0, 0.1) is 11.8 Å². The van der Waals surface area contributed by atoms with Crippen molar-refractivity contribution in [1.29, 1.82) is 0 Å². The van der Waals surface area contributed by atoms with Crippen molar-refractivity contribution in [1.82, 2.24) is 0 Å². The van der Waals surface area contributed by atoms with Gasteiger partial charge in [-0.25, -0.2) is 0 Å². The van der Waals surface area contributed by atoms with Crippen molar-refractivity contribution in [2.24, 2.45) is 11.8 Å². The number of hydrogen-bond acceptors (Lipinski definition) is 3. The zero-order valence-corrected chi connectivity index (χ0v) is 10.6. The van der Waals surface area contributed by atoms with Gasteiger partial charge in [0.25, 0.3) is 0 Å². The minimum Gasteiger partial charge on any atom is -0.397 e. The Labute approximate surface area is 107 Å². The molecular weight excluding hydrogens is 236 g/mol. The summed E-state index contributed by atoms with van der Waals surface area (Å²) < 4.78 is 0. The van der Waals surface area contributed by atoms with Crippen LogP contribution < -0.4 is 11.1 Å². The first-order valence-corrected chi connectivity index (χ1v) is 6.49. The molecule has 1 aromatic carbocycles. The van der Waals surface area contributed by atoms with Crippen LogP contribution in [-0.2, 0) is 0 Å². The quantitative estimate of drug-likeness (QED) is 0.724. The summed E-state index contributed by atoms with van der Waals surface area (Å²) in [6.07, 6.45) is 3.50. The first-order chi connectivity index (χ1) is 8.22. The topological polar surface area (TPSA) is 58.3 Å². The molecule has 4 heteroatoms. The largest absolute Gasteiger partial charge is 0.397 e. The molecule has 0 bridgehead atoms. The van der Waals surface area contributed by atoms with E-state index in [-0.39, 0.29) is 6.61 Å². The van der Waals surface area contributed by atoms with E-state index in [1.165, 1.54) is 12.8 Å². The molecule has 1 saturated carbocycles. The van der Waals surface area contributed by atoms with Crippen molar-refractivity contribution in [2.45, 2.75) is 19.3 Å². The summed E-state index contributed by atoms with van der Waals surface area (Å²) >= 11 is 6.09. The third-order valence-corrected chi connectivity index (χ3v) is 3.95. The van der Waals surface area contributed by atoms with Gasteiger partial charge in [-0.05, 0) is 36.8 Å². The summed E-state index contributed by atoms with van der Waals surface area (Å²) in [5.74, 6) is 0.946. The van der Waals surface area contributed by atoms with Crippen LogP contribution in [0.3, 0.4) is 0 Å². The molecule has 17 heavy (non-hydrogen) atoms. The molecule has 4 N–H and O–H groups in total. The molecule has 1 fully saturated rings. The van der Waals surface area contributed by atoms with E-state index < -0.39 is 0 Å². The number of nitrogen functional groups attached to an aromatic ring is 1. The van der Waals surface area contributed by atoms with E-state index in [0.717, 1.165) is 18.7 Å². The normalized spacial score (nSPS) is 23.9. The maximum absolute atomic E-state index is 9.26. The summed E-state index contributed by atoms with van der Waals surface area (Å²) in [5.41, 5.74) is 7.37. The van der Waals surface area contributed by atoms with Gasteiger partial charge in [0.1, 0.15) is 0 Å². The molecule has 1 aliphatic carbocycles. The maximum Gasteiger partial charge on any atom is 0.0763 e. The second-order valence-electron chi connectivity index (χ2n) is 4.72. The predicted molar refractivity (Wildman–Crippen MR) is 72.3 cm³/mol. The number of nitrogens with one attached hydrogen (secondary N) is 1. The highest BCUT2D eigenvalue weighted by Crippen LogP contribution is 2.33. The summed E-state index contributed by atoms with van der Waals surface area (Å²) in [6.45, 7) is 1.11. The first kappa shape index (κ1) is 12.5. The van der Waals surface area contributed by atoms with E-state index in [9.17, 15) is 5.11 Å². The van der Waals surface area contributed by atoms with Crippen LogP contribution in [-0.4, -0.2) is 18.3 Å². The minimum atomic E-state index is 0.282. The van der Waals surface area contributed by atoms with Gasteiger partial charge in [-0.3, -0.25) is 0 Å². The van der Waals surface area contributed by atoms with Crippen LogP contribution in [0.4, 0.5) is 11.4 Å². The van der Waals surface area contributed by atoms with Gasteiger partial charge in [-0.1, -0.05) is 24.1 Å². The van der Waals surface area contributed by atoms with Crippen LogP contribution >= 0.6 is 11.6 Å². The van der Waals surface area contributed by atoms with Crippen LogP contribution in [0.2, 0.25) is 5.02 Å². The summed E-state index contributed by atoms with van der Waals surface area (Å²) in [7, 11) is 0. The molecule has 0 heterocycles. The van der Waals surface area contributed by atoms with E-state index in [1.807, 2.05) is 18.2 Å². The average molecular weight is 255 g/mol. The lowest BCUT2D eigenvalue weighted by atomic mass is 9.97. The highest BCUT2D eigenvalue weighted by atomic mass is 35.5. The average Bonchev–Trinajstić information content (AvgIpc) is 2.76. The Morgan fingerprint density at radius 1 is 1.35 bits per heavy atom. The lowest BCUT2D eigenvalue weighted by Gasteiger charge is -2.19. The number of anilines is 2. The molecule has 0 radical (unpaired) electrons. The molecule has 0 aliphatic heterocycles. The molecule has 2 unspecified atom stereocenters. The third kappa shape index (κ3) is 2.85. The third-order valence-electron chi connectivity index (χ3n) is 3.64. The second-order valence-corrected chi connectivity index (χ2v) is 5.13. The van der Waals surface area contributed by atoms with Gasteiger partial charge in [0.05, 0.1) is 16.4 Å². The lowest BCUT2D eigenvalue weighted by molar-refractivity contribution is 0.199. The molecular formula is C13H19ClN2O. The fourth-order valence-electron chi connectivity index (χ4n) is 2.58. The Morgan fingerprint density at radius 2 is 2.12 bits per heavy atom. The number of aliphatic hydroxyl groups is 1. The smallest absolute Gasteiger partial charge is 0.0763 e. The highest BCUT2D eigenvalue weighted by Gasteiger charge is 2.26. The number of halogens is 1. The second kappa shape index (κ2) is 5.61. The molecule has 2 atom stereocenters. The van der Waals surface area contributed by atoms with Gasteiger partial charge < -0.3 is 16.2 Å². The SMILES string of the molecule is Nc1cccc(Cl)c1NCC1CCCC1CO. The number of nitrogens with two attached hydrogens (primary N) is 1. The van der Waals surface area contributed by atoms with Gasteiger partial charge in [0.2, 0.25) is 0 Å². The van der Waals surface area contributed by atoms with Crippen molar-refractivity contribution in [2.75, 3.05) is 24.2 Å². The van der Waals surface area contributed by atoms with E-state index in [1.54, 1.807) is 0 Å². The molecule has 1 aromatic rings. The summed E-state index contributed by atoms with van der Waals surface area (Å²) in [6, 6.07) is 5.51. The molecule has 0 spiro atoms. The summed E-state index contributed by atoms with van der Waals surface area (Å²) in [4.78, 5) is 0. The van der Waals surface area contributed by atoms with Gasteiger partial charge in [0.15, 0.2) is 0 Å². The van der Waals surface area contributed by atoms with E-state index in [0.29, 0.717) is 22.5 Å². The zero-order valence-electron chi connectivity index (χ0n) is 9.82. The molecule has 1 aliphatic rings. The number of rotatable bonds is 4. The van der Waals surface area contributed by atoms with Crippen LogP contribution in [0.5, 0.6) is 0 Å². The standard InChI is InChI=1S/C13H19ClN2O/c14-11-5-2-6-12(15)13(11)16-7-9-3-1-4-10(9)8-17/h2,5-6,9-10,16-17H,1,3-4,7-8,15H2. The van der Waals surface area contributed by atoms with Gasteiger partial charge >= 0.3 is 0 Å². The zero-order chi connectivity index (χ0) is 12.3. The Balaban J connectivity index is 1.98. The number of para-hydroxylation sites is 1. The van der Waals surface area contributed by atoms with E-state index in [4.69, 9.17) is 17.3 Å². The minimum absolute atomic E-state index is 0.282. The van der Waals surface area contributed by atoms with Crippen molar-refractivity contribution in [3.05, 3.63) is 23.2 Å². The highest BCUT2D eigenvalue weighted by molar-refractivity contribution is 6.33. The van der Waals surface area contributed by atoms with Crippen molar-refractivity contribution >= 4 is 23.0 Å². The molecule has 2 rings (SSSR count). The Hall–Kier alpha value is -0.930. The van der Waals surface area contributed by atoms with Crippen LogP contribution in [0.15, 0.2) is 18.2 Å². The molecule has 0 aromatic heterocycles. The van der Waals surface area contributed by atoms with Crippen molar-refractivity contribution in [3.8, 4) is 0 Å². The van der Waals surface area contributed by atoms with Gasteiger partial charge in [-0.2, -0.15) is 0 Å². The Morgan fingerprint density at radius 3 is 2.82 bits per heavy atom. The fourth-order valence-corrected chi connectivity index (χ4v) is 2.83. The van der Waals surface area contributed by atoms with E-state index in [2.05, 4.69) is 5.32 Å². The summed E-state index contributed by atoms with van der Waals surface area (Å²) in [5, 5.41) is 13.2. The Bertz CT molecular complexity index is 363. The van der Waals surface area contributed by atoms with Gasteiger partial charge in [0, 0.05) is 13.2 Å². The first-order valence-electron chi connectivity index (χ1n) is 6.11. The van der Waals surface area contributed by atoms with Crippen LogP contribution in [0.1, 0.15) is 19.3 Å². The lowest BCUT2D eigenvalue weighted by Crippen LogP contribution is -2.21. The van der Waals surface area contributed by atoms with Gasteiger partial charge in [-0.15, -0.1) is 0 Å². The molecule has 0 saturated heterocycles.